The Kier molecular flexibility index (Phi) is 9.10. The second-order valence-corrected chi connectivity index (χ2v) is 5.19. The highest BCUT2D eigenvalue weighted by molar-refractivity contribution is 7.80. The molecule has 0 radical (unpaired) electrons. The summed E-state index contributed by atoms with van der Waals surface area (Å²) in [6, 6.07) is 0. The van der Waals surface area contributed by atoms with Gasteiger partial charge < -0.3 is 4.48 Å². The second-order valence-electron chi connectivity index (χ2n) is 4.14. The Labute approximate surface area is 100.0 Å². The highest BCUT2D eigenvalue weighted by Crippen LogP contribution is 1.97. The van der Waals surface area contributed by atoms with Gasteiger partial charge in [-0.05, 0) is 34.6 Å². The molecule has 1 N–H and O–H groups in total. The molecule has 0 aliphatic carbocycles. The molecular weight excluding hydrogens is 230 g/mol. The Balaban J connectivity index is 0. The lowest BCUT2D eigenvalue weighted by molar-refractivity contribution is -0.904. The molecular formula is C10H26NO4S+. The normalized spacial score (nSPS) is 12.2. The van der Waals surface area contributed by atoms with Gasteiger partial charge in [0, 0.05) is 0 Å². The fourth-order valence-corrected chi connectivity index (χ4v) is 1.40. The van der Waals surface area contributed by atoms with Crippen molar-refractivity contribution in [1.29, 1.82) is 0 Å². The van der Waals surface area contributed by atoms with Gasteiger partial charge in [0.1, 0.15) is 0 Å². The molecule has 0 aromatic heterocycles. The van der Waals surface area contributed by atoms with Crippen LogP contribution in [0.5, 0.6) is 0 Å². The van der Waals surface area contributed by atoms with Crippen LogP contribution in [0.4, 0.5) is 0 Å². The molecule has 0 aliphatic heterocycles. The molecule has 16 heavy (non-hydrogen) atoms. The van der Waals surface area contributed by atoms with E-state index in [-0.39, 0.29) is 0 Å². The molecule has 0 amide bonds. The van der Waals surface area contributed by atoms with Gasteiger partial charge in [-0.1, -0.05) is 0 Å². The molecule has 0 bridgehead atoms. The Morgan fingerprint density at radius 1 is 1.12 bits per heavy atom. The van der Waals surface area contributed by atoms with Gasteiger partial charge in [0.2, 0.25) is 0 Å². The summed E-state index contributed by atoms with van der Waals surface area (Å²) in [5.74, 6) is 0. The summed E-state index contributed by atoms with van der Waals surface area (Å²) in [5, 5.41) is 0. The van der Waals surface area contributed by atoms with E-state index in [4.69, 9.17) is 4.55 Å². The summed E-state index contributed by atoms with van der Waals surface area (Å²) < 4.78 is 32.7. The van der Waals surface area contributed by atoms with Gasteiger partial charge in [0.15, 0.2) is 0 Å². The summed E-state index contributed by atoms with van der Waals surface area (Å²) >= 11 is 0. The number of quaternary nitrogens is 1. The van der Waals surface area contributed by atoms with E-state index in [1.807, 2.05) is 0 Å². The average Bonchev–Trinajstić information content (AvgIpc) is 2.14. The fourth-order valence-electron chi connectivity index (χ4n) is 0.914. The maximum Gasteiger partial charge on any atom is 0.397 e. The van der Waals surface area contributed by atoms with Crippen molar-refractivity contribution in [3.63, 3.8) is 0 Å². The lowest BCUT2D eigenvalue weighted by Crippen LogP contribution is -2.42. The van der Waals surface area contributed by atoms with Crippen molar-refractivity contribution in [2.24, 2.45) is 0 Å². The van der Waals surface area contributed by atoms with Crippen LogP contribution >= 0.6 is 0 Å². The van der Waals surface area contributed by atoms with Gasteiger partial charge in [0.05, 0.1) is 32.8 Å². The van der Waals surface area contributed by atoms with Crippen molar-refractivity contribution in [1.82, 2.24) is 0 Å². The molecule has 0 aromatic rings. The third-order valence-corrected chi connectivity index (χ3v) is 3.23. The molecule has 6 heteroatoms. The molecule has 5 nitrogen and oxygen atoms in total. The Morgan fingerprint density at radius 3 is 1.44 bits per heavy atom. The van der Waals surface area contributed by atoms with E-state index in [9.17, 15) is 8.42 Å². The SMILES string of the molecule is CC(C)OS(=O)(=O)O.CC[N+](C)(CC)CC. The zero-order valence-electron chi connectivity index (χ0n) is 11.2. The zero-order valence-corrected chi connectivity index (χ0v) is 12.0. The van der Waals surface area contributed by atoms with Gasteiger partial charge in [-0.3, -0.25) is 4.55 Å². The first-order chi connectivity index (χ1) is 7.10. The van der Waals surface area contributed by atoms with E-state index in [1.54, 1.807) is 0 Å². The van der Waals surface area contributed by atoms with Crippen molar-refractivity contribution < 1.29 is 21.6 Å². The molecule has 0 unspecified atom stereocenters. The van der Waals surface area contributed by atoms with E-state index in [0.29, 0.717) is 0 Å². The minimum absolute atomic E-state index is 0.495. The summed E-state index contributed by atoms with van der Waals surface area (Å²) in [4.78, 5) is 0. The van der Waals surface area contributed by atoms with Gasteiger partial charge in [-0.25, -0.2) is 4.18 Å². The number of hydrogen-bond acceptors (Lipinski definition) is 3. The number of hydrogen-bond donors (Lipinski definition) is 1. The van der Waals surface area contributed by atoms with Crippen LogP contribution in [0.2, 0.25) is 0 Å². The lowest BCUT2D eigenvalue weighted by Gasteiger charge is -2.30. The molecule has 0 spiro atoms. The monoisotopic (exact) mass is 256 g/mol. The van der Waals surface area contributed by atoms with E-state index in [1.165, 1.54) is 38.0 Å². The van der Waals surface area contributed by atoms with Gasteiger partial charge in [-0.2, -0.15) is 8.42 Å². The zero-order chi connectivity index (χ0) is 13.4. The summed E-state index contributed by atoms with van der Waals surface area (Å²) in [7, 11) is -1.93. The first-order valence-corrected chi connectivity index (χ1v) is 6.96. The van der Waals surface area contributed by atoms with Crippen molar-refractivity contribution in [2.75, 3.05) is 26.7 Å². The fraction of sp³-hybridized carbons (Fsp3) is 1.00. The Hall–Kier alpha value is -0.170. The molecule has 0 aliphatic rings. The second kappa shape index (κ2) is 8.00. The molecule has 0 aromatic carbocycles. The maximum atomic E-state index is 9.78. The first-order valence-electron chi connectivity index (χ1n) is 5.59. The minimum Gasteiger partial charge on any atom is -0.327 e. The highest BCUT2D eigenvalue weighted by Gasteiger charge is 2.10. The topological polar surface area (TPSA) is 63.6 Å². The predicted octanol–water partition coefficient (Wildman–Crippen LogP) is 1.71. The van der Waals surface area contributed by atoms with Crippen molar-refractivity contribution in [2.45, 2.75) is 40.7 Å². The maximum absolute atomic E-state index is 9.78. The quantitative estimate of drug-likeness (QED) is 0.601. The molecule has 0 saturated carbocycles. The van der Waals surface area contributed by atoms with Crippen molar-refractivity contribution in [3.8, 4) is 0 Å². The summed E-state index contributed by atoms with van der Waals surface area (Å²) in [6.07, 6.45) is -0.495. The molecule has 0 rings (SSSR count). The lowest BCUT2D eigenvalue weighted by atomic mass is 10.4. The molecule has 100 valence electrons. The van der Waals surface area contributed by atoms with Crippen LogP contribution in [0, 0.1) is 0 Å². The van der Waals surface area contributed by atoms with Crippen LogP contribution in [0.25, 0.3) is 0 Å². The van der Waals surface area contributed by atoms with Crippen LogP contribution < -0.4 is 0 Å². The van der Waals surface area contributed by atoms with Crippen LogP contribution in [0.1, 0.15) is 34.6 Å². The van der Waals surface area contributed by atoms with Crippen LogP contribution in [-0.4, -0.2) is 50.2 Å². The Morgan fingerprint density at radius 2 is 1.44 bits per heavy atom. The summed E-state index contributed by atoms with van der Waals surface area (Å²) in [6.45, 7) is 13.5. The third kappa shape index (κ3) is 11.9. The standard InChI is InChI=1S/C7H18N.C3H8O4S/c1-5-8(4,6-2)7-3;1-3(2)7-8(4,5)6/h5-7H2,1-4H3;3H,1-2H3,(H,4,5,6)/q+1;. The number of rotatable bonds is 5. The third-order valence-electron chi connectivity index (χ3n) is 2.60. The molecule has 0 atom stereocenters. The van der Waals surface area contributed by atoms with Gasteiger partial charge >= 0.3 is 10.4 Å². The molecule has 0 heterocycles. The van der Waals surface area contributed by atoms with E-state index in [0.717, 1.165) is 0 Å². The van der Waals surface area contributed by atoms with Gasteiger partial charge in [0.25, 0.3) is 0 Å². The Bertz CT molecular complexity index is 250. The van der Waals surface area contributed by atoms with Gasteiger partial charge in [-0.15, -0.1) is 0 Å². The first kappa shape index (κ1) is 18.2. The molecule has 0 saturated heterocycles. The van der Waals surface area contributed by atoms with E-state index in [2.05, 4.69) is 32.0 Å². The average molecular weight is 256 g/mol. The van der Waals surface area contributed by atoms with E-state index >= 15 is 0 Å². The predicted molar refractivity (Wildman–Crippen MR) is 65.6 cm³/mol. The van der Waals surface area contributed by atoms with Crippen LogP contribution in [0.15, 0.2) is 0 Å². The van der Waals surface area contributed by atoms with Crippen molar-refractivity contribution in [3.05, 3.63) is 0 Å². The molecule has 0 fully saturated rings. The number of nitrogens with zero attached hydrogens (tertiary/aromatic N) is 1. The van der Waals surface area contributed by atoms with Crippen molar-refractivity contribution >= 4 is 10.4 Å². The highest BCUT2D eigenvalue weighted by atomic mass is 32.3. The minimum atomic E-state index is -4.22. The van der Waals surface area contributed by atoms with Crippen LogP contribution in [-0.2, 0) is 14.6 Å². The smallest absolute Gasteiger partial charge is 0.327 e. The largest absolute Gasteiger partial charge is 0.397 e. The van der Waals surface area contributed by atoms with E-state index < -0.39 is 16.5 Å². The summed E-state index contributed by atoms with van der Waals surface area (Å²) in [5.41, 5.74) is 0. The van der Waals surface area contributed by atoms with Crippen LogP contribution in [0.3, 0.4) is 0 Å².